The summed E-state index contributed by atoms with van der Waals surface area (Å²) >= 11 is 0. The van der Waals surface area contributed by atoms with Crippen LogP contribution in [0.4, 0.5) is 17.3 Å². The van der Waals surface area contributed by atoms with E-state index in [1.807, 2.05) is 0 Å². The summed E-state index contributed by atoms with van der Waals surface area (Å²) in [6, 6.07) is 0. The Morgan fingerprint density at radius 2 is 2.37 bits per heavy atom. The van der Waals surface area contributed by atoms with Crippen LogP contribution in [0.5, 0.6) is 0 Å². The molecule has 5 N–H and O–H groups in total. The second-order valence-corrected chi connectivity index (χ2v) is 4.01. The van der Waals surface area contributed by atoms with Crippen LogP contribution in [-0.2, 0) is 4.74 Å². The van der Waals surface area contributed by atoms with Crippen molar-refractivity contribution in [2.24, 2.45) is 0 Å². The molecule has 2 rings (SSSR count). The second-order valence-electron chi connectivity index (χ2n) is 4.01. The Bertz CT molecular complexity index is 484. The lowest BCUT2D eigenvalue weighted by molar-refractivity contribution is -0.383. The molecule has 1 aromatic heterocycles. The lowest BCUT2D eigenvalue weighted by Gasteiger charge is -2.14. The van der Waals surface area contributed by atoms with Gasteiger partial charge in [0, 0.05) is 6.42 Å². The standard InChI is InChI=1S/C9H13N5O5/c10-8-7(14(17)18)9(12-3-11-8)13-6-1-4(16)5(2-15)19-6/h3-6,15-16H,1-2H2,(H3,10,11,12,13). The summed E-state index contributed by atoms with van der Waals surface area (Å²) in [5, 5.41) is 32.0. The molecule has 0 spiro atoms. The first-order chi connectivity index (χ1) is 9.02. The number of hydrogen-bond donors (Lipinski definition) is 4. The molecule has 3 atom stereocenters. The zero-order chi connectivity index (χ0) is 14.0. The summed E-state index contributed by atoms with van der Waals surface area (Å²) in [4.78, 5) is 17.4. The van der Waals surface area contributed by atoms with Gasteiger partial charge in [0.1, 0.15) is 18.7 Å². The Labute approximate surface area is 107 Å². The Kier molecular flexibility index (Phi) is 3.74. The molecule has 0 bridgehead atoms. The highest BCUT2D eigenvalue weighted by atomic mass is 16.6. The van der Waals surface area contributed by atoms with Gasteiger partial charge in [-0.25, -0.2) is 9.97 Å². The van der Waals surface area contributed by atoms with Crippen LogP contribution in [-0.4, -0.2) is 50.1 Å². The lowest BCUT2D eigenvalue weighted by Crippen LogP contribution is -2.25. The number of anilines is 2. The van der Waals surface area contributed by atoms with Gasteiger partial charge in [-0.15, -0.1) is 0 Å². The Hall–Kier alpha value is -2.04. The van der Waals surface area contributed by atoms with Gasteiger partial charge in [-0.3, -0.25) is 10.1 Å². The number of nitrogens with one attached hydrogen (secondary N) is 1. The van der Waals surface area contributed by atoms with Gasteiger partial charge in [0.05, 0.1) is 17.6 Å². The third-order valence-corrected chi connectivity index (χ3v) is 2.73. The van der Waals surface area contributed by atoms with Crippen LogP contribution in [0.2, 0.25) is 0 Å². The minimum absolute atomic E-state index is 0.0895. The van der Waals surface area contributed by atoms with Crippen LogP contribution >= 0.6 is 0 Å². The van der Waals surface area contributed by atoms with Crippen LogP contribution < -0.4 is 11.1 Å². The number of nitrogens with two attached hydrogens (primary N) is 1. The van der Waals surface area contributed by atoms with Gasteiger partial charge >= 0.3 is 5.69 Å². The molecule has 0 amide bonds. The normalized spacial score (nSPS) is 26.3. The number of aromatic nitrogens is 2. The summed E-state index contributed by atoms with van der Waals surface area (Å²) in [6.07, 6.45) is -1.01. The summed E-state index contributed by atoms with van der Waals surface area (Å²) in [7, 11) is 0. The molecular weight excluding hydrogens is 258 g/mol. The van der Waals surface area contributed by atoms with Crippen LogP contribution in [0.3, 0.4) is 0 Å². The van der Waals surface area contributed by atoms with Gasteiger partial charge in [-0.2, -0.15) is 0 Å². The summed E-state index contributed by atoms with van der Waals surface area (Å²) in [6.45, 7) is -0.340. The molecule has 0 aromatic carbocycles. The van der Waals surface area contributed by atoms with Crippen LogP contribution in [0.15, 0.2) is 6.33 Å². The largest absolute Gasteiger partial charge is 0.394 e. The molecule has 0 radical (unpaired) electrons. The van der Waals surface area contributed by atoms with E-state index in [9.17, 15) is 15.2 Å². The summed E-state index contributed by atoms with van der Waals surface area (Å²) in [5.74, 6) is -0.354. The number of ether oxygens (including phenoxy) is 1. The van der Waals surface area contributed by atoms with Crippen molar-refractivity contribution in [3.63, 3.8) is 0 Å². The third kappa shape index (κ3) is 2.70. The van der Waals surface area contributed by atoms with Gasteiger partial charge in [-0.1, -0.05) is 0 Å². The van der Waals surface area contributed by atoms with E-state index in [0.717, 1.165) is 6.33 Å². The van der Waals surface area contributed by atoms with E-state index in [2.05, 4.69) is 15.3 Å². The number of aliphatic hydroxyl groups excluding tert-OH is 2. The Balaban J connectivity index is 2.16. The number of nitro groups is 1. The predicted octanol–water partition coefficient (Wildman–Crippen LogP) is -1.15. The van der Waals surface area contributed by atoms with E-state index in [0.29, 0.717) is 0 Å². The zero-order valence-corrected chi connectivity index (χ0v) is 9.76. The molecule has 3 unspecified atom stereocenters. The van der Waals surface area contributed by atoms with E-state index in [1.165, 1.54) is 0 Å². The molecule has 2 heterocycles. The minimum Gasteiger partial charge on any atom is -0.394 e. The van der Waals surface area contributed by atoms with Crippen molar-refractivity contribution in [1.29, 1.82) is 0 Å². The smallest absolute Gasteiger partial charge is 0.353 e. The molecule has 0 saturated carbocycles. The molecule has 1 aromatic rings. The third-order valence-electron chi connectivity index (χ3n) is 2.73. The molecule has 1 aliphatic heterocycles. The van der Waals surface area contributed by atoms with Crippen molar-refractivity contribution < 1.29 is 19.9 Å². The predicted molar refractivity (Wildman–Crippen MR) is 63.1 cm³/mol. The molecule has 104 valence electrons. The van der Waals surface area contributed by atoms with Crippen molar-refractivity contribution in [1.82, 2.24) is 9.97 Å². The van der Waals surface area contributed by atoms with Gasteiger partial charge in [0.2, 0.25) is 11.6 Å². The fraction of sp³-hybridized carbons (Fsp3) is 0.556. The quantitative estimate of drug-likeness (QED) is 0.392. The van der Waals surface area contributed by atoms with Crippen molar-refractivity contribution in [2.75, 3.05) is 17.7 Å². The van der Waals surface area contributed by atoms with Gasteiger partial charge in [-0.05, 0) is 0 Å². The Morgan fingerprint density at radius 1 is 1.63 bits per heavy atom. The average Bonchev–Trinajstić information content (AvgIpc) is 2.69. The summed E-state index contributed by atoms with van der Waals surface area (Å²) in [5.41, 5.74) is 4.96. The SMILES string of the molecule is Nc1ncnc(NC2CC(O)C(CO)O2)c1[N+](=O)[O-]. The van der Waals surface area contributed by atoms with E-state index < -0.39 is 29.0 Å². The minimum atomic E-state index is -0.847. The van der Waals surface area contributed by atoms with Crippen LogP contribution in [0, 0.1) is 10.1 Å². The first kappa shape index (κ1) is 13.4. The monoisotopic (exact) mass is 271 g/mol. The van der Waals surface area contributed by atoms with E-state index in [-0.39, 0.29) is 24.7 Å². The molecule has 10 nitrogen and oxygen atoms in total. The van der Waals surface area contributed by atoms with Gasteiger partial charge in [0.15, 0.2) is 0 Å². The van der Waals surface area contributed by atoms with Crippen LogP contribution in [0.25, 0.3) is 0 Å². The molecule has 10 heteroatoms. The first-order valence-corrected chi connectivity index (χ1v) is 5.48. The highest BCUT2D eigenvalue weighted by molar-refractivity contribution is 5.67. The van der Waals surface area contributed by atoms with E-state index in [4.69, 9.17) is 15.6 Å². The van der Waals surface area contributed by atoms with Crippen molar-refractivity contribution >= 4 is 17.3 Å². The van der Waals surface area contributed by atoms with E-state index in [1.54, 1.807) is 0 Å². The maximum Gasteiger partial charge on any atom is 0.353 e. The Morgan fingerprint density at radius 3 is 2.95 bits per heavy atom. The fourth-order valence-electron chi connectivity index (χ4n) is 1.82. The molecule has 1 saturated heterocycles. The second kappa shape index (κ2) is 5.30. The average molecular weight is 271 g/mol. The maximum absolute atomic E-state index is 10.9. The zero-order valence-electron chi connectivity index (χ0n) is 9.76. The van der Waals surface area contributed by atoms with Crippen molar-refractivity contribution in [3.05, 3.63) is 16.4 Å². The van der Waals surface area contributed by atoms with Gasteiger partial charge in [0.25, 0.3) is 0 Å². The number of rotatable bonds is 4. The van der Waals surface area contributed by atoms with Crippen molar-refractivity contribution in [2.45, 2.75) is 24.9 Å². The topological polar surface area (TPSA) is 157 Å². The number of nitrogen functional groups attached to an aromatic ring is 1. The summed E-state index contributed by atoms with van der Waals surface area (Å²) < 4.78 is 5.27. The molecule has 1 fully saturated rings. The number of aliphatic hydroxyl groups is 2. The number of hydrogen-bond acceptors (Lipinski definition) is 9. The number of nitrogens with zero attached hydrogens (tertiary/aromatic N) is 3. The van der Waals surface area contributed by atoms with Gasteiger partial charge < -0.3 is 26.0 Å². The lowest BCUT2D eigenvalue weighted by atomic mass is 10.2. The van der Waals surface area contributed by atoms with E-state index >= 15 is 0 Å². The fourth-order valence-corrected chi connectivity index (χ4v) is 1.82. The van der Waals surface area contributed by atoms with Crippen LogP contribution in [0.1, 0.15) is 6.42 Å². The molecular formula is C9H13N5O5. The molecule has 19 heavy (non-hydrogen) atoms. The first-order valence-electron chi connectivity index (χ1n) is 5.48. The highest BCUT2D eigenvalue weighted by Crippen LogP contribution is 2.29. The van der Waals surface area contributed by atoms with Crippen molar-refractivity contribution in [3.8, 4) is 0 Å². The molecule has 0 aliphatic carbocycles. The highest BCUT2D eigenvalue weighted by Gasteiger charge is 2.35. The maximum atomic E-state index is 10.9. The molecule has 1 aliphatic rings.